The van der Waals surface area contributed by atoms with Crippen LogP contribution >= 0.6 is 0 Å². The largest absolute Gasteiger partial charge is 0.481 e. The van der Waals surface area contributed by atoms with Crippen molar-refractivity contribution >= 4 is 12.0 Å². The van der Waals surface area contributed by atoms with Crippen LogP contribution in [-0.2, 0) is 9.53 Å². The third kappa shape index (κ3) is 4.22. The molecular formula is C11H20N2O4. The van der Waals surface area contributed by atoms with Crippen molar-refractivity contribution in [3.63, 3.8) is 0 Å². The molecule has 1 N–H and O–H groups in total. The second kappa shape index (κ2) is 6.44. The van der Waals surface area contributed by atoms with Gasteiger partial charge in [0.1, 0.15) is 0 Å². The first kappa shape index (κ1) is 13.8. The molecule has 0 aromatic heterocycles. The smallest absolute Gasteiger partial charge is 0.320 e. The number of hydrogen-bond donors (Lipinski definition) is 1. The minimum Gasteiger partial charge on any atom is -0.481 e. The van der Waals surface area contributed by atoms with Gasteiger partial charge in [-0.1, -0.05) is 0 Å². The summed E-state index contributed by atoms with van der Waals surface area (Å²) in [7, 11) is 0. The molecule has 1 aliphatic rings. The fraction of sp³-hybridized carbons (Fsp3) is 0.818. The maximum atomic E-state index is 12.2. The van der Waals surface area contributed by atoms with Crippen molar-refractivity contribution in [2.24, 2.45) is 0 Å². The molecule has 0 spiro atoms. The number of carbonyl (C=O) groups excluding carboxylic acids is 1. The van der Waals surface area contributed by atoms with Crippen molar-refractivity contribution in [2.75, 3.05) is 32.8 Å². The molecule has 1 aliphatic heterocycles. The van der Waals surface area contributed by atoms with Crippen LogP contribution in [0.5, 0.6) is 0 Å². The molecule has 98 valence electrons. The first-order valence-electron chi connectivity index (χ1n) is 5.87. The monoisotopic (exact) mass is 244 g/mol. The van der Waals surface area contributed by atoms with Gasteiger partial charge in [0.05, 0.1) is 19.6 Å². The molecule has 0 aromatic rings. The van der Waals surface area contributed by atoms with Crippen LogP contribution in [0.15, 0.2) is 0 Å². The molecule has 0 atom stereocenters. The van der Waals surface area contributed by atoms with Crippen molar-refractivity contribution in [1.29, 1.82) is 0 Å². The molecular weight excluding hydrogens is 224 g/mol. The highest BCUT2D eigenvalue weighted by Gasteiger charge is 2.24. The van der Waals surface area contributed by atoms with Crippen molar-refractivity contribution in [3.8, 4) is 0 Å². The standard InChI is InChI=1S/C11H20N2O4/c1-9(2)13(4-3-10(14)15)11(16)12-5-7-17-8-6-12/h9H,3-8H2,1-2H3,(H,14,15). The van der Waals surface area contributed by atoms with Crippen LogP contribution in [0, 0.1) is 0 Å². The molecule has 0 saturated carbocycles. The Kier molecular flexibility index (Phi) is 5.21. The number of ether oxygens (including phenoxy) is 1. The molecule has 0 aromatic carbocycles. The van der Waals surface area contributed by atoms with Gasteiger partial charge in [0.2, 0.25) is 0 Å². The SMILES string of the molecule is CC(C)N(CCC(=O)O)C(=O)N1CCOCC1. The van der Waals surface area contributed by atoms with E-state index in [0.29, 0.717) is 26.3 Å². The van der Waals surface area contributed by atoms with Gasteiger partial charge in [-0.25, -0.2) is 4.79 Å². The van der Waals surface area contributed by atoms with E-state index in [0.717, 1.165) is 0 Å². The Bertz CT molecular complexity index is 275. The molecule has 0 unspecified atom stereocenters. The number of carboxylic acid groups (broad SMARTS) is 1. The first-order chi connectivity index (χ1) is 8.02. The summed E-state index contributed by atoms with van der Waals surface area (Å²) < 4.78 is 5.18. The second-order valence-electron chi connectivity index (χ2n) is 4.31. The summed E-state index contributed by atoms with van der Waals surface area (Å²) in [4.78, 5) is 26.0. The van der Waals surface area contributed by atoms with Crippen LogP contribution in [-0.4, -0.2) is 65.8 Å². The molecule has 17 heavy (non-hydrogen) atoms. The second-order valence-corrected chi connectivity index (χ2v) is 4.31. The lowest BCUT2D eigenvalue weighted by atomic mass is 10.3. The predicted octanol–water partition coefficient (Wildman–Crippen LogP) is 0.624. The molecule has 0 aliphatic carbocycles. The van der Waals surface area contributed by atoms with Crippen LogP contribution in [0.1, 0.15) is 20.3 Å². The zero-order chi connectivity index (χ0) is 12.8. The molecule has 0 radical (unpaired) electrons. The summed E-state index contributed by atoms with van der Waals surface area (Å²) in [5.41, 5.74) is 0. The molecule has 6 heteroatoms. The molecule has 0 bridgehead atoms. The third-order valence-corrected chi connectivity index (χ3v) is 2.72. The summed E-state index contributed by atoms with van der Waals surface area (Å²) in [5, 5.41) is 8.66. The number of nitrogens with zero attached hydrogens (tertiary/aromatic N) is 2. The fourth-order valence-corrected chi connectivity index (χ4v) is 1.73. The molecule has 1 rings (SSSR count). The van der Waals surface area contributed by atoms with Crippen LogP contribution in [0.25, 0.3) is 0 Å². The highest BCUT2D eigenvalue weighted by molar-refractivity contribution is 5.76. The van der Waals surface area contributed by atoms with E-state index >= 15 is 0 Å². The zero-order valence-electron chi connectivity index (χ0n) is 10.4. The summed E-state index contributed by atoms with van der Waals surface area (Å²) in [5.74, 6) is -0.884. The summed E-state index contributed by atoms with van der Waals surface area (Å²) in [6.45, 7) is 6.29. The third-order valence-electron chi connectivity index (χ3n) is 2.72. The number of carboxylic acids is 1. The lowest BCUT2D eigenvalue weighted by Gasteiger charge is -2.34. The quantitative estimate of drug-likeness (QED) is 0.787. The van der Waals surface area contributed by atoms with Crippen molar-refractivity contribution in [2.45, 2.75) is 26.3 Å². The van der Waals surface area contributed by atoms with Gasteiger partial charge in [-0.15, -0.1) is 0 Å². The van der Waals surface area contributed by atoms with Crippen molar-refractivity contribution in [1.82, 2.24) is 9.80 Å². The number of morpholine rings is 1. The Morgan fingerprint density at radius 2 is 1.94 bits per heavy atom. The minimum absolute atomic E-state index is 0.00435. The molecule has 1 heterocycles. The fourth-order valence-electron chi connectivity index (χ4n) is 1.73. The van der Waals surface area contributed by atoms with Gasteiger partial charge in [0.25, 0.3) is 0 Å². The van der Waals surface area contributed by atoms with E-state index in [9.17, 15) is 9.59 Å². The zero-order valence-corrected chi connectivity index (χ0v) is 10.4. The normalized spacial score (nSPS) is 16.1. The van der Waals surface area contributed by atoms with E-state index in [1.165, 1.54) is 0 Å². The maximum absolute atomic E-state index is 12.2. The highest BCUT2D eigenvalue weighted by Crippen LogP contribution is 2.08. The Labute approximate surface area is 101 Å². The minimum atomic E-state index is -0.884. The number of urea groups is 1. The number of amides is 2. The number of aliphatic carboxylic acids is 1. The highest BCUT2D eigenvalue weighted by atomic mass is 16.5. The van der Waals surface area contributed by atoms with Gasteiger partial charge < -0.3 is 19.6 Å². The summed E-state index contributed by atoms with van der Waals surface area (Å²) in [6.07, 6.45) is -0.0196. The average molecular weight is 244 g/mol. The lowest BCUT2D eigenvalue weighted by molar-refractivity contribution is -0.137. The lowest BCUT2D eigenvalue weighted by Crippen LogP contribution is -2.50. The van der Waals surface area contributed by atoms with Crippen molar-refractivity contribution < 1.29 is 19.4 Å². The van der Waals surface area contributed by atoms with Crippen LogP contribution in [0.2, 0.25) is 0 Å². The molecule has 1 saturated heterocycles. The topological polar surface area (TPSA) is 70.1 Å². The number of hydrogen-bond acceptors (Lipinski definition) is 3. The maximum Gasteiger partial charge on any atom is 0.320 e. The van der Waals surface area contributed by atoms with E-state index in [2.05, 4.69) is 0 Å². The predicted molar refractivity (Wildman–Crippen MR) is 61.9 cm³/mol. The Hall–Kier alpha value is -1.30. The number of rotatable bonds is 4. The van der Waals surface area contributed by atoms with E-state index in [-0.39, 0.29) is 25.0 Å². The van der Waals surface area contributed by atoms with E-state index in [1.54, 1.807) is 9.80 Å². The van der Waals surface area contributed by atoms with E-state index < -0.39 is 5.97 Å². The first-order valence-corrected chi connectivity index (χ1v) is 5.87. The van der Waals surface area contributed by atoms with Crippen LogP contribution < -0.4 is 0 Å². The summed E-state index contributed by atoms with van der Waals surface area (Å²) >= 11 is 0. The van der Waals surface area contributed by atoms with Gasteiger partial charge in [0.15, 0.2) is 0 Å². The molecule has 6 nitrogen and oxygen atoms in total. The van der Waals surface area contributed by atoms with Crippen LogP contribution in [0.3, 0.4) is 0 Å². The van der Waals surface area contributed by atoms with Crippen molar-refractivity contribution in [3.05, 3.63) is 0 Å². The van der Waals surface area contributed by atoms with Gasteiger partial charge in [-0.05, 0) is 13.8 Å². The Morgan fingerprint density at radius 1 is 1.35 bits per heavy atom. The molecule has 1 fully saturated rings. The number of carbonyl (C=O) groups is 2. The summed E-state index contributed by atoms with van der Waals surface area (Å²) in [6, 6.07) is -0.0887. The van der Waals surface area contributed by atoms with Gasteiger partial charge in [0, 0.05) is 25.7 Å². The molecule has 2 amide bonds. The van der Waals surface area contributed by atoms with E-state index in [4.69, 9.17) is 9.84 Å². The van der Waals surface area contributed by atoms with Crippen LogP contribution in [0.4, 0.5) is 4.79 Å². The van der Waals surface area contributed by atoms with Gasteiger partial charge in [-0.3, -0.25) is 4.79 Å². The Morgan fingerprint density at radius 3 is 2.41 bits per heavy atom. The van der Waals surface area contributed by atoms with E-state index in [1.807, 2.05) is 13.8 Å². The average Bonchev–Trinajstić information content (AvgIpc) is 2.29. The Balaban J connectivity index is 2.55. The van der Waals surface area contributed by atoms with Gasteiger partial charge >= 0.3 is 12.0 Å². The van der Waals surface area contributed by atoms with Gasteiger partial charge in [-0.2, -0.15) is 0 Å².